The van der Waals surface area contributed by atoms with E-state index in [1.807, 2.05) is 6.92 Å². The number of carbonyl (C=O) groups is 1. The van der Waals surface area contributed by atoms with Crippen molar-refractivity contribution in [3.63, 3.8) is 0 Å². The average molecular weight is 322 g/mol. The maximum atomic E-state index is 12.7. The van der Waals surface area contributed by atoms with Crippen LogP contribution < -0.4 is 0 Å². The van der Waals surface area contributed by atoms with Crippen molar-refractivity contribution in [1.82, 2.24) is 0 Å². The maximum absolute atomic E-state index is 12.7. The topological polar surface area (TPSA) is 44.8 Å². The number of esters is 1. The molecule has 23 heavy (non-hydrogen) atoms. The molecule has 0 radical (unpaired) electrons. The highest BCUT2D eigenvalue weighted by Gasteiger charge is 2.67. The van der Waals surface area contributed by atoms with E-state index in [0.717, 1.165) is 36.0 Å². The standard InChI is InChI=1S/C19H30O4/c1-5-18(2,23-21-4)17(20)22-19(3)10-13-9-14(19)16-12-7-6-11(8-12)15(13)16/h11-16H,5-10H2,1-4H3/t11?,12?,13?,14?,15?,16?,18-,19?/m1/s1. The van der Waals surface area contributed by atoms with E-state index < -0.39 is 5.60 Å². The van der Waals surface area contributed by atoms with E-state index in [1.54, 1.807) is 6.92 Å². The molecule has 4 bridgehead atoms. The normalized spacial score (nSPS) is 49.2. The Balaban J connectivity index is 1.51. The Labute approximate surface area is 139 Å². The molecule has 0 amide bonds. The second kappa shape index (κ2) is 5.19. The van der Waals surface area contributed by atoms with Crippen molar-refractivity contribution in [1.29, 1.82) is 0 Å². The highest BCUT2D eigenvalue weighted by atomic mass is 17.2. The zero-order chi connectivity index (χ0) is 16.4. The van der Waals surface area contributed by atoms with Gasteiger partial charge >= 0.3 is 5.97 Å². The van der Waals surface area contributed by atoms with Gasteiger partial charge in [-0.2, -0.15) is 0 Å². The van der Waals surface area contributed by atoms with Crippen LogP contribution in [0.2, 0.25) is 0 Å². The van der Waals surface area contributed by atoms with Gasteiger partial charge in [0.15, 0.2) is 5.60 Å². The van der Waals surface area contributed by atoms with Crippen LogP contribution in [0.25, 0.3) is 0 Å². The van der Waals surface area contributed by atoms with E-state index in [2.05, 4.69) is 6.92 Å². The van der Waals surface area contributed by atoms with E-state index in [1.165, 1.54) is 32.8 Å². The van der Waals surface area contributed by atoms with Crippen molar-refractivity contribution in [2.24, 2.45) is 35.5 Å². The van der Waals surface area contributed by atoms with Gasteiger partial charge in [-0.15, -0.1) is 0 Å². The van der Waals surface area contributed by atoms with E-state index in [4.69, 9.17) is 14.5 Å². The molecule has 4 heteroatoms. The Morgan fingerprint density at radius 3 is 2.52 bits per heavy atom. The van der Waals surface area contributed by atoms with Crippen molar-refractivity contribution in [2.45, 2.75) is 70.5 Å². The third kappa shape index (κ3) is 2.13. The molecule has 4 rings (SSSR count). The maximum Gasteiger partial charge on any atom is 0.342 e. The molecule has 4 saturated carbocycles. The zero-order valence-corrected chi connectivity index (χ0v) is 14.8. The summed E-state index contributed by atoms with van der Waals surface area (Å²) in [6.45, 7) is 5.85. The summed E-state index contributed by atoms with van der Waals surface area (Å²) in [6, 6.07) is 0. The summed E-state index contributed by atoms with van der Waals surface area (Å²) in [5, 5.41) is 0. The summed E-state index contributed by atoms with van der Waals surface area (Å²) in [5.74, 6) is 4.66. The van der Waals surface area contributed by atoms with Crippen molar-refractivity contribution < 1.29 is 19.3 Å². The fourth-order valence-corrected chi connectivity index (χ4v) is 6.72. The number of hydrogen-bond acceptors (Lipinski definition) is 4. The summed E-state index contributed by atoms with van der Waals surface area (Å²) in [6.07, 6.45) is 7.13. The summed E-state index contributed by atoms with van der Waals surface area (Å²) >= 11 is 0. The minimum atomic E-state index is -1.01. The minimum absolute atomic E-state index is 0.267. The van der Waals surface area contributed by atoms with Crippen LogP contribution in [0.1, 0.15) is 59.3 Å². The second-order valence-corrected chi connectivity index (χ2v) is 8.83. The molecular formula is C19H30O4. The quantitative estimate of drug-likeness (QED) is 0.335. The van der Waals surface area contributed by atoms with Crippen molar-refractivity contribution in [3.05, 3.63) is 0 Å². The van der Waals surface area contributed by atoms with Gasteiger partial charge in [-0.1, -0.05) is 6.92 Å². The van der Waals surface area contributed by atoms with Gasteiger partial charge in [-0.3, -0.25) is 0 Å². The van der Waals surface area contributed by atoms with Crippen LogP contribution in [0.15, 0.2) is 0 Å². The zero-order valence-electron chi connectivity index (χ0n) is 14.8. The number of hydrogen-bond donors (Lipinski definition) is 0. The lowest BCUT2D eigenvalue weighted by Crippen LogP contribution is -2.50. The molecule has 7 unspecified atom stereocenters. The van der Waals surface area contributed by atoms with Crippen molar-refractivity contribution >= 4 is 5.97 Å². The summed E-state index contributed by atoms with van der Waals surface area (Å²) in [4.78, 5) is 22.8. The van der Waals surface area contributed by atoms with Gasteiger partial charge in [0.25, 0.3) is 0 Å². The van der Waals surface area contributed by atoms with Crippen LogP contribution in [0.5, 0.6) is 0 Å². The number of fused-ring (bicyclic) bond motifs is 9. The highest BCUT2D eigenvalue weighted by Crippen LogP contribution is 2.70. The van der Waals surface area contributed by atoms with Crippen LogP contribution in [-0.4, -0.2) is 24.3 Å². The highest BCUT2D eigenvalue weighted by molar-refractivity contribution is 5.79. The Hall–Kier alpha value is -0.610. The lowest BCUT2D eigenvalue weighted by molar-refractivity contribution is -0.337. The first-order valence-corrected chi connectivity index (χ1v) is 9.37. The van der Waals surface area contributed by atoms with E-state index in [9.17, 15) is 4.79 Å². The van der Waals surface area contributed by atoms with Crippen LogP contribution in [0, 0.1) is 35.5 Å². The number of ether oxygens (including phenoxy) is 1. The average Bonchev–Trinajstić information content (AvgIpc) is 3.24. The first-order chi connectivity index (χ1) is 10.9. The largest absolute Gasteiger partial charge is 0.457 e. The molecule has 0 aromatic carbocycles. The molecule has 0 spiro atoms. The Morgan fingerprint density at radius 2 is 1.87 bits per heavy atom. The molecule has 0 aliphatic heterocycles. The molecule has 0 N–H and O–H groups in total. The van der Waals surface area contributed by atoms with Gasteiger partial charge in [0, 0.05) is 5.92 Å². The molecule has 0 saturated heterocycles. The Bertz CT molecular complexity index is 506. The van der Waals surface area contributed by atoms with E-state index >= 15 is 0 Å². The number of carbonyl (C=O) groups excluding carboxylic acids is 1. The van der Waals surface area contributed by atoms with Crippen LogP contribution in [0.4, 0.5) is 0 Å². The lowest BCUT2D eigenvalue weighted by atomic mass is 9.66. The molecule has 0 aromatic heterocycles. The predicted molar refractivity (Wildman–Crippen MR) is 85.3 cm³/mol. The van der Waals surface area contributed by atoms with Crippen molar-refractivity contribution in [3.8, 4) is 0 Å². The SMILES string of the molecule is CC[C@@](C)(OOC)C(=O)OC1(C)CC2CC1C1C3CCC(C3)C21. The molecule has 4 fully saturated rings. The monoisotopic (exact) mass is 322 g/mol. The summed E-state index contributed by atoms with van der Waals surface area (Å²) in [5.41, 5.74) is -1.31. The van der Waals surface area contributed by atoms with Crippen molar-refractivity contribution in [2.75, 3.05) is 7.11 Å². The Morgan fingerprint density at radius 1 is 1.17 bits per heavy atom. The van der Waals surface area contributed by atoms with Crippen LogP contribution in [-0.2, 0) is 19.3 Å². The van der Waals surface area contributed by atoms with Gasteiger partial charge in [0.2, 0.25) is 0 Å². The third-order valence-electron chi connectivity index (χ3n) is 7.76. The molecule has 0 aromatic rings. The second-order valence-electron chi connectivity index (χ2n) is 8.83. The molecule has 130 valence electrons. The molecule has 0 heterocycles. The Kier molecular flexibility index (Phi) is 3.59. The van der Waals surface area contributed by atoms with Gasteiger partial charge in [-0.05, 0) is 82.0 Å². The van der Waals surface area contributed by atoms with E-state index in [0.29, 0.717) is 12.3 Å². The lowest BCUT2D eigenvalue weighted by Gasteiger charge is -2.45. The first kappa shape index (κ1) is 15.9. The fraction of sp³-hybridized carbons (Fsp3) is 0.947. The summed E-state index contributed by atoms with van der Waals surface area (Å²) in [7, 11) is 1.44. The summed E-state index contributed by atoms with van der Waals surface area (Å²) < 4.78 is 6.11. The molecule has 4 nitrogen and oxygen atoms in total. The molecule has 8 atom stereocenters. The van der Waals surface area contributed by atoms with E-state index in [-0.39, 0.29) is 11.6 Å². The molecule has 4 aliphatic rings. The van der Waals surface area contributed by atoms with Crippen LogP contribution >= 0.6 is 0 Å². The molecular weight excluding hydrogens is 292 g/mol. The third-order valence-corrected chi connectivity index (χ3v) is 7.76. The van der Waals surface area contributed by atoms with Gasteiger partial charge in [0.05, 0.1) is 7.11 Å². The fourth-order valence-electron chi connectivity index (χ4n) is 6.72. The number of rotatable bonds is 5. The molecule has 4 aliphatic carbocycles. The minimum Gasteiger partial charge on any atom is -0.457 e. The van der Waals surface area contributed by atoms with Gasteiger partial charge < -0.3 is 4.74 Å². The van der Waals surface area contributed by atoms with Crippen LogP contribution in [0.3, 0.4) is 0 Å². The van der Waals surface area contributed by atoms with Gasteiger partial charge in [0.1, 0.15) is 5.60 Å². The first-order valence-electron chi connectivity index (χ1n) is 9.37. The predicted octanol–water partition coefficient (Wildman–Crippen LogP) is 3.74. The smallest absolute Gasteiger partial charge is 0.342 e. The van der Waals surface area contributed by atoms with Gasteiger partial charge in [-0.25, -0.2) is 14.6 Å².